The van der Waals surface area contributed by atoms with Gasteiger partial charge >= 0.3 is 0 Å². The second-order valence-electron chi connectivity index (χ2n) is 4.58. The van der Waals surface area contributed by atoms with Gasteiger partial charge in [-0.25, -0.2) is 0 Å². The van der Waals surface area contributed by atoms with Crippen molar-refractivity contribution < 1.29 is 9.84 Å². The molecule has 1 aliphatic rings. The molecule has 1 aliphatic carbocycles. The molecule has 2 rings (SSSR count). The number of hydrogen-bond acceptors (Lipinski definition) is 2. The second kappa shape index (κ2) is 5.24. The Hall–Kier alpha value is -1.18. The molecule has 2 heteroatoms. The van der Waals surface area contributed by atoms with Gasteiger partial charge in [0, 0.05) is 0 Å². The Morgan fingerprint density at radius 3 is 2.75 bits per heavy atom. The first kappa shape index (κ1) is 11.3. The minimum Gasteiger partial charge on any atom is -0.504 e. The number of phenols is 1. The number of para-hydroxylation sites is 2. The zero-order chi connectivity index (χ0) is 11.4. The molecule has 0 spiro atoms. The van der Waals surface area contributed by atoms with E-state index in [0.717, 1.165) is 12.8 Å². The molecule has 1 aromatic rings. The standard InChI is InChI=1S/C14H20O2/c1-2-11-7-3-5-9-13(11)16-14-10-6-4-8-12(14)15/h4,6,8,10-11,13,15H,2-3,5,7,9H2,1H3. The fraction of sp³-hybridized carbons (Fsp3) is 0.571. The Morgan fingerprint density at radius 2 is 2.00 bits per heavy atom. The SMILES string of the molecule is CCC1CCCCC1Oc1ccccc1O. The molecule has 2 atom stereocenters. The van der Waals surface area contributed by atoms with E-state index in [4.69, 9.17) is 4.74 Å². The van der Waals surface area contributed by atoms with E-state index in [2.05, 4.69) is 6.92 Å². The number of aromatic hydroxyl groups is 1. The lowest BCUT2D eigenvalue weighted by molar-refractivity contribution is 0.0875. The van der Waals surface area contributed by atoms with Crippen molar-refractivity contribution in [2.45, 2.75) is 45.1 Å². The van der Waals surface area contributed by atoms with Crippen molar-refractivity contribution >= 4 is 0 Å². The first-order valence-corrected chi connectivity index (χ1v) is 6.26. The van der Waals surface area contributed by atoms with Crippen molar-refractivity contribution in [2.75, 3.05) is 0 Å². The molecule has 2 unspecified atom stereocenters. The maximum atomic E-state index is 9.68. The Labute approximate surface area is 97.3 Å². The lowest BCUT2D eigenvalue weighted by Gasteiger charge is -2.31. The average Bonchev–Trinajstić information content (AvgIpc) is 2.33. The van der Waals surface area contributed by atoms with E-state index in [-0.39, 0.29) is 11.9 Å². The molecule has 0 heterocycles. The zero-order valence-electron chi connectivity index (χ0n) is 9.86. The minimum absolute atomic E-state index is 0.253. The quantitative estimate of drug-likeness (QED) is 0.840. The molecule has 0 saturated heterocycles. The van der Waals surface area contributed by atoms with Gasteiger partial charge in [-0.15, -0.1) is 0 Å². The number of ether oxygens (including phenoxy) is 1. The van der Waals surface area contributed by atoms with Crippen LogP contribution in [0.3, 0.4) is 0 Å². The van der Waals surface area contributed by atoms with E-state index < -0.39 is 0 Å². The van der Waals surface area contributed by atoms with Crippen LogP contribution in [0.15, 0.2) is 24.3 Å². The monoisotopic (exact) mass is 220 g/mol. The molecule has 1 aromatic carbocycles. The van der Waals surface area contributed by atoms with Gasteiger partial charge in [-0.2, -0.15) is 0 Å². The van der Waals surface area contributed by atoms with Crippen LogP contribution in [-0.2, 0) is 0 Å². The average molecular weight is 220 g/mol. The van der Waals surface area contributed by atoms with Gasteiger partial charge in [0.15, 0.2) is 11.5 Å². The maximum absolute atomic E-state index is 9.68. The van der Waals surface area contributed by atoms with Gasteiger partial charge in [0.25, 0.3) is 0 Å². The zero-order valence-corrected chi connectivity index (χ0v) is 9.86. The van der Waals surface area contributed by atoms with E-state index >= 15 is 0 Å². The van der Waals surface area contributed by atoms with E-state index in [0.29, 0.717) is 11.7 Å². The summed E-state index contributed by atoms with van der Waals surface area (Å²) in [7, 11) is 0. The highest BCUT2D eigenvalue weighted by molar-refractivity contribution is 5.38. The van der Waals surface area contributed by atoms with E-state index in [9.17, 15) is 5.11 Å². The molecule has 0 amide bonds. The summed E-state index contributed by atoms with van der Waals surface area (Å²) < 4.78 is 5.94. The van der Waals surface area contributed by atoms with Crippen molar-refractivity contribution in [3.8, 4) is 11.5 Å². The summed E-state index contributed by atoms with van der Waals surface area (Å²) in [6, 6.07) is 7.25. The van der Waals surface area contributed by atoms with Crippen LogP contribution in [-0.4, -0.2) is 11.2 Å². The van der Waals surface area contributed by atoms with Gasteiger partial charge in [0.2, 0.25) is 0 Å². The van der Waals surface area contributed by atoms with Gasteiger partial charge in [-0.1, -0.05) is 25.5 Å². The maximum Gasteiger partial charge on any atom is 0.161 e. The largest absolute Gasteiger partial charge is 0.504 e. The summed E-state index contributed by atoms with van der Waals surface area (Å²) >= 11 is 0. The molecule has 1 fully saturated rings. The molecule has 16 heavy (non-hydrogen) atoms. The fourth-order valence-corrected chi connectivity index (χ4v) is 2.52. The minimum atomic E-state index is 0.253. The summed E-state index contributed by atoms with van der Waals surface area (Å²) in [5.74, 6) is 1.53. The van der Waals surface area contributed by atoms with Crippen LogP contribution in [0, 0.1) is 5.92 Å². The van der Waals surface area contributed by atoms with Crippen LogP contribution in [0.25, 0.3) is 0 Å². The summed E-state index contributed by atoms with van der Waals surface area (Å²) in [6.45, 7) is 2.22. The molecule has 1 N–H and O–H groups in total. The van der Waals surface area contributed by atoms with Crippen LogP contribution in [0.4, 0.5) is 0 Å². The third-order valence-corrected chi connectivity index (χ3v) is 3.51. The van der Waals surface area contributed by atoms with Crippen molar-refractivity contribution in [3.05, 3.63) is 24.3 Å². The Bertz CT molecular complexity index is 335. The summed E-state index contributed by atoms with van der Waals surface area (Å²) in [4.78, 5) is 0. The smallest absolute Gasteiger partial charge is 0.161 e. The van der Waals surface area contributed by atoms with Gasteiger partial charge in [-0.3, -0.25) is 0 Å². The molecular weight excluding hydrogens is 200 g/mol. The molecular formula is C14H20O2. The Morgan fingerprint density at radius 1 is 1.25 bits per heavy atom. The molecule has 88 valence electrons. The first-order chi connectivity index (χ1) is 7.81. The fourth-order valence-electron chi connectivity index (χ4n) is 2.52. The summed E-state index contributed by atoms with van der Waals surface area (Å²) in [5, 5.41) is 9.68. The lowest BCUT2D eigenvalue weighted by atomic mass is 9.85. The summed E-state index contributed by atoms with van der Waals surface area (Å²) in [6.07, 6.45) is 6.39. The lowest BCUT2D eigenvalue weighted by Crippen LogP contribution is -2.29. The normalized spacial score (nSPS) is 25.3. The molecule has 0 aromatic heterocycles. The van der Waals surface area contributed by atoms with E-state index in [1.165, 1.54) is 19.3 Å². The van der Waals surface area contributed by atoms with Crippen molar-refractivity contribution in [1.82, 2.24) is 0 Å². The highest BCUT2D eigenvalue weighted by Crippen LogP contribution is 2.33. The highest BCUT2D eigenvalue weighted by Gasteiger charge is 2.25. The predicted molar refractivity (Wildman–Crippen MR) is 64.8 cm³/mol. The Balaban J connectivity index is 2.05. The van der Waals surface area contributed by atoms with Crippen LogP contribution >= 0.6 is 0 Å². The highest BCUT2D eigenvalue weighted by atomic mass is 16.5. The van der Waals surface area contributed by atoms with Crippen LogP contribution in [0.2, 0.25) is 0 Å². The van der Waals surface area contributed by atoms with Gasteiger partial charge in [-0.05, 0) is 43.7 Å². The molecule has 1 saturated carbocycles. The molecule has 0 bridgehead atoms. The van der Waals surface area contributed by atoms with E-state index in [1.807, 2.05) is 18.2 Å². The van der Waals surface area contributed by atoms with Crippen LogP contribution < -0.4 is 4.74 Å². The molecule has 0 radical (unpaired) electrons. The van der Waals surface area contributed by atoms with Crippen molar-refractivity contribution in [2.24, 2.45) is 5.92 Å². The predicted octanol–water partition coefficient (Wildman–Crippen LogP) is 3.74. The van der Waals surface area contributed by atoms with Crippen molar-refractivity contribution in [1.29, 1.82) is 0 Å². The summed E-state index contributed by atoms with van der Waals surface area (Å²) in [5.41, 5.74) is 0. The van der Waals surface area contributed by atoms with Gasteiger partial charge < -0.3 is 9.84 Å². The number of phenolic OH excluding ortho intramolecular Hbond substituents is 1. The Kier molecular flexibility index (Phi) is 3.70. The topological polar surface area (TPSA) is 29.5 Å². The van der Waals surface area contributed by atoms with Gasteiger partial charge in [0.05, 0.1) is 0 Å². The second-order valence-corrected chi connectivity index (χ2v) is 4.58. The number of rotatable bonds is 3. The molecule has 0 aliphatic heterocycles. The molecule has 2 nitrogen and oxygen atoms in total. The van der Waals surface area contributed by atoms with Gasteiger partial charge in [0.1, 0.15) is 6.10 Å². The van der Waals surface area contributed by atoms with E-state index in [1.54, 1.807) is 6.07 Å². The first-order valence-electron chi connectivity index (χ1n) is 6.26. The number of hydrogen-bond donors (Lipinski definition) is 1. The third kappa shape index (κ3) is 2.49. The van der Waals surface area contributed by atoms with Crippen molar-refractivity contribution in [3.63, 3.8) is 0 Å². The third-order valence-electron chi connectivity index (χ3n) is 3.51. The number of benzene rings is 1. The van der Waals surface area contributed by atoms with Crippen LogP contribution in [0.1, 0.15) is 39.0 Å². The van der Waals surface area contributed by atoms with Crippen LogP contribution in [0.5, 0.6) is 11.5 Å².